The molecule has 78 valence electrons. The number of carbonyl (C=O) groups is 1. The maximum absolute atomic E-state index is 11.0. The Bertz CT molecular complexity index is 359. The van der Waals surface area contributed by atoms with Crippen molar-refractivity contribution >= 4 is 5.97 Å². The normalized spacial score (nSPS) is 9.07. The zero-order valence-corrected chi connectivity index (χ0v) is 8.53. The Hall–Kier alpha value is -1.95. The Morgan fingerprint density at radius 2 is 2.07 bits per heavy atom. The molecule has 15 heavy (non-hydrogen) atoms. The molecule has 0 aliphatic heterocycles. The summed E-state index contributed by atoms with van der Waals surface area (Å²) in [6.45, 7) is 2.03. The lowest BCUT2D eigenvalue weighted by Gasteiger charge is -2.05. The molecule has 1 aromatic carbocycles. The van der Waals surface area contributed by atoms with Crippen LogP contribution in [0, 0.1) is 12.3 Å². The first-order chi connectivity index (χ1) is 7.26. The van der Waals surface area contributed by atoms with E-state index in [4.69, 9.17) is 15.9 Å². The molecular formula is C12H12O3. The second-order valence-corrected chi connectivity index (χ2v) is 2.76. The van der Waals surface area contributed by atoms with E-state index < -0.39 is 0 Å². The summed E-state index contributed by atoms with van der Waals surface area (Å²) in [6, 6.07) is 6.93. The van der Waals surface area contributed by atoms with Crippen LogP contribution in [0.1, 0.15) is 12.5 Å². The van der Waals surface area contributed by atoms with Crippen LogP contribution in [0.3, 0.4) is 0 Å². The van der Waals surface area contributed by atoms with Gasteiger partial charge in [-0.3, -0.25) is 0 Å². The van der Waals surface area contributed by atoms with Crippen LogP contribution in [-0.4, -0.2) is 19.2 Å². The molecule has 0 bridgehead atoms. The van der Waals surface area contributed by atoms with Gasteiger partial charge in [0.25, 0.3) is 0 Å². The predicted molar refractivity (Wildman–Crippen MR) is 56.5 cm³/mol. The summed E-state index contributed by atoms with van der Waals surface area (Å²) in [5.74, 6) is 2.71. The molecule has 0 aromatic heterocycles. The van der Waals surface area contributed by atoms with Crippen molar-refractivity contribution in [3.05, 3.63) is 29.8 Å². The van der Waals surface area contributed by atoms with E-state index in [-0.39, 0.29) is 12.6 Å². The Morgan fingerprint density at radius 3 is 2.60 bits per heavy atom. The Morgan fingerprint density at radius 1 is 1.40 bits per heavy atom. The SMILES string of the molecule is C#Cc1ccc(OCC(=O)OCC)cc1. The van der Waals surface area contributed by atoms with Crippen molar-refractivity contribution in [1.29, 1.82) is 0 Å². The number of benzene rings is 1. The molecule has 0 aliphatic carbocycles. The van der Waals surface area contributed by atoms with Crippen LogP contribution in [0.4, 0.5) is 0 Å². The number of ether oxygens (including phenoxy) is 2. The van der Waals surface area contributed by atoms with Crippen LogP contribution in [0.5, 0.6) is 5.75 Å². The average Bonchev–Trinajstić information content (AvgIpc) is 2.27. The summed E-state index contributed by atoms with van der Waals surface area (Å²) in [6.07, 6.45) is 5.20. The molecule has 0 fully saturated rings. The van der Waals surface area contributed by atoms with E-state index in [2.05, 4.69) is 5.92 Å². The zero-order chi connectivity index (χ0) is 11.1. The average molecular weight is 204 g/mol. The van der Waals surface area contributed by atoms with Gasteiger partial charge in [0.1, 0.15) is 5.75 Å². The van der Waals surface area contributed by atoms with Gasteiger partial charge in [0, 0.05) is 5.56 Å². The van der Waals surface area contributed by atoms with Crippen molar-refractivity contribution in [3.8, 4) is 18.1 Å². The summed E-state index contributed by atoms with van der Waals surface area (Å²) in [7, 11) is 0. The molecule has 3 heteroatoms. The third-order valence-corrected chi connectivity index (χ3v) is 1.68. The highest BCUT2D eigenvalue weighted by molar-refractivity contribution is 5.71. The summed E-state index contributed by atoms with van der Waals surface area (Å²) in [5, 5.41) is 0. The van der Waals surface area contributed by atoms with Crippen LogP contribution < -0.4 is 4.74 Å². The molecule has 0 aliphatic rings. The lowest BCUT2D eigenvalue weighted by Crippen LogP contribution is -2.14. The molecule has 0 spiro atoms. The molecule has 0 saturated carbocycles. The highest BCUT2D eigenvalue weighted by Crippen LogP contribution is 2.11. The second-order valence-electron chi connectivity index (χ2n) is 2.76. The lowest BCUT2D eigenvalue weighted by atomic mass is 10.2. The molecule has 1 aromatic rings. The summed E-state index contributed by atoms with van der Waals surface area (Å²) in [5.41, 5.74) is 0.776. The molecule has 0 heterocycles. The number of terminal acetylenes is 1. The van der Waals surface area contributed by atoms with Crippen molar-refractivity contribution in [3.63, 3.8) is 0 Å². The van der Waals surface area contributed by atoms with E-state index in [1.54, 1.807) is 31.2 Å². The quantitative estimate of drug-likeness (QED) is 0.552. The zero-order valence-electron chi connectivity index (χ0n) is 8.53. The molecule has 3 nitrogen and oxygen atoms in total. The van der Waals surface area contributed by atoms with Gasteiger partial charge in [-0.05, 0) is 31.2 Å². The Kier molecular flexibility index (Phi) is 4.24. The van der Waals surface area contributed by atoms with Gasteiger partial charge < -0.3 is 9.47 Å². The molecule has 0 unspecified atom stereocenters. The van der Waals surface area contributed by atoms with Crippen LogP contribution in [-0.2, 0) is 9.53 Å². The van der Waals surface area contributed by atoms with Crippen LogP contribution in [0.25, 0.3) is 0 Å². The molecule has 0 saturated heterocycles. The van der Waals surface area contributed by atoms with Crippen molar-refractivity contribution in [2.24, 2.45) is 0 Å². The van der Waals surface area contributed by atoms with E-state index in [1.165, 1.54) is 0 Å². The van der Waals surface area contributed by atoms with E-state index in [0.717, 1.165) is 5.56 Å². The minimum Gasteiger partial charge on any atom is -0.482 e. The van der Waals surface area contributed by atoms with Crippen molar-refractivity contribution in [1.82, 2.24) is 0 Å². The van der Waals surface area contributed by atoms with Gasteiger partial charge >= 0.3 is 5.97 Å². The summed E-state index contributed by atoms with van der Waals surface area (Å²) in [4.78, 5) is 11.0. The van der Waals surface area contributed by atoms with Gasteiger partial charge in [0.05, 0.1) is 6.61 Å². The topological polar surface area (TPSA) is 35.5 Å². The van der Waals surface area contributed by atoms with Crippen LogP contribution >= 0.6 is 0 Å². The molecule has 0 radical (unpaired) electrons. The molecule has 1 rings (SSSR count). The number of hydrogen-bond donors (Lipinski definition) is 0. The maximum Gasteiger partial charge on any atom is 0.344 e. The van der Waals surface area contributed by atoms with Crippen molar-refractivity contribution < 1.29 is 14.3 Å². The van der Waals surface area contributed by atoms with Gasteiger partial charge in [-0.1, -0.05) is 5.92 Å². The van der Waals surface area contributed by atoms with Gasteiger partial charge in [0.2, 0.25) is 0 Å². The first-order valence-electron chi connectivity index (χ1n) is 4.61. The largest absolute Gasteiger partial charge is 0.482 e. The van der Waals surface area contributed by atoms with Gasteiger partial charge in [-0.15, -0.1) is 6.42 Å². The summed E-state index contributed by atoms with van der Waals surface area (Å²) >= 11 is 0. The third kappa shape index (κ3) is 3.74. The monoisotopic (exact) mass is 204 g/mol. The van der Waals surface area contributed by atoms with Gasteiger partial charge in [0.15, 0.2) is 6.61 Å². The standard InChI is InChI=1S/C12H12O3/c1-3-10-5-7-11(8-6-10)15-9-12(13)14-4-2/h1,5-8H,4,9H2,2H3. The highest BCUT2D eigenvalue weighted by atomic mass is 16.6. The smallest absolute Gasteiger partial charge is 0.344 e. The van der Waals surface area contributed by atoms with Crippen LogP contribution in [0.15, 0.2) is 24.3 Å². The van der Waals surface area contributed by atoms with Crippen molar-refractivity contribution in [2.45, 2.75) is 6.92 Å². The van der Waals surface area contributed by atoms with E-state index in [0.29, 0.717) is 12.4 Å². The van der Waals surface area contributed by atoms with Gasteiger partial charge in [-0.2, -0.15) is 0 Å². The predicted octanol–water partition coefficient (Wildman–Crippen LogP) is 1.61. The fraction of sp³-hybridized carbons (Fsp3) is 0.250. The maximum atomic E-state index is 11.0. The van der Waals surface area contributed by atoms with E-state index >= 15 is 0 Å². The second kappa shape index (κ2) is 5.71. The van der Waals surface area contributed by atoms with Crippen molar-refractivity contribution in [2.75, 3.05) is 13.2 Å². The van der Waals surface area contributed by atoms with Gasteiger partial charge in [-0.25, -0.2) is 4.79 Å². The van der Waals surface area contributed by atoms with E-state index in [9.17, 15) is 4.79 Å². The number of carbonyl (C=O) groups excluding carboxylic acids is 1. The highest BCUT2D eigenvalue weighted by Gasteiger charge is 2.02. The molecule has 0 atom stereocenters. The molecular weight excluding hydrogens is 192 g/mol. The first kappa shape index (κ1) is 11.1. The third-order valence-electron chi connectivity index (χ3n) is 1.68. The minimum atomic E-state index is -0.376. The molecule has 0 N–H and O–H groups in total. The number of rotatable bonds is 4. The lowest BCUT2D eigenvalue weighted by molar-refractivity contribution is -0.145. The van der Waals surface area contributed by atoms with Crippen LogP contribution in [0.2, 0.25) is 0 Å². The number of hydrogen-bond acceptors (Lipinski definition) is 3. The molecule has 0 amide bonds. The van der Waals surface area contributed by atoms with E-state index in [1.807, 2.05) is 0 Å². The summed E-state index contributed by atoms with van der Waals surface area (Å²) < 4.78 is 9.89. The Labute approximate surface area is 89.0 Å². The minimum absolute atomic E-state index is 0.0801. The fourth-order valence-electron chi connectivity index (χ4n) is 0.992. The Balaban J connectivity index is 2.45. The number of esters is 1. The fourth-order valence-corrected chi connectivity index (χ4v) is 0.992. The first-order valence-corrected chi connectivity index (χ1v) is 4.61.